The molecule has 8 amide bonds. The molecule has 8 aromatic rings. The maximum absolute atomic E-state index is 16.3. The zero-order valence-electron chi connectivity index (χ0n) is 42.8. The molecule has 0 fully saturated rings. The number of halogens is 3. The molecular weight excluding hydrogens is 1040 g/mol. The summed E-state index contributed by atoms with van der Waals surface area (Å²) in [7, 11) is 0. The van der Waals surface area contributed by atoms with Gasteiger partial charge < -0.3 is 0 Å². The summed E-state index contributed by atoms with van der Waals surface area (Å²) in [5, 5.41) is 0. The second-order valence-corrected chi connectivity index (χ2v) is 20.7. The average molecular weight is 1080 g/mol. The van der Waals surface area contributed by atoms with Crippen molar-refractivity contribution >= 4 is 75.9 Å². The highest BCUT2D eigenvalue weighted by Gasteiger charge is 2.58. The first kappa shape index (κ1) is 51.2. The molecule has 0 spiro atoms. The fourth-order valence-corrected chi connectivity index (χ4v) is 11.2. The summed E-state index contributed by atoms with van der Waals surface area (Å²) >= 11 is 0. The van der Waals surface area contributed by atoms with Crippen LogP contribution in [0.5, 0.6) is 0 Å². The summed E-state index contributed by atoms with van der Waals surface area (Å²) in [5.74, 6) is -6.78. The Labute approximate surface area is 458 Å². The van der Waals surface area contributed by atoms with Gasteiger partial charge in [0.15, 0.2) is 11.6 Å². The summed E-state index contributed by atoms with van der Waals surface area (Å²) in [6.45, 7) is 5.11. The van der Waals surface area contributed by atoms with Crippen molar-refractivity contribution in [2.45, 2.75) is 37.9 Å². The number of hydrogen-bond donors (Lipinski definition) is 0. The number of amides is 8. The van der Waals surface area contributed by atoms with Crippen molar-refractivity contribution in [1.82, 2.24) is 4.90 Å². The van der Waals surface area contributed by atoms with E-state index in [0.717, 1.165) is 43.9 Å². The lowest BCUT2D eigenvalue weighted by Gasteiger charge is -2.38. The van der Waals surface area contributed by atoms with Gasteiger partial charge in [-0.25, -0.2) is 14.7 Å². The molecule has 4 heterocycles. The van der Waals surface area contributed by atoms with Gasteiger partial charge in [0.1, 0.15) is 5.41 Å². The van der Waals surface area contributed by atoms with Crippen molar-refractivity contribution in [3.63, 3.8) is 0 Å². The van der Waals surface area contributed by atoms with Gasteiger partial charge in [-0.2, -0.15) is 13.2 Å². The fourth-order valence-electron chi connectivity index (χ4n) is 11.2. The van der Waals surface area contributed by atoms with Crippen molar-refractivity contribution in [2.75, 3.05) is 14.7 Å². The third kappa shape index (κ3) is 7.71. The maximum atomic E-state index is 16.3. The SMILES string of the molecule is CC(C)(C)N1C(=O)c2ccc(C(=O)c3ccc4c(c3)C(=O)N(c3ccc(C(c5ccccc5)(c5ccc(N6C(=O)c7ccc(C(=O)c8ccc9c(c8)C(=O)N(c8ccccc8)C9=O)cc7C6=O)cc5)C(F)(F)F)cc3)C4=O)cc2C1=O. The van der Waals surface area contributed by atoms with Gasteiger partial charge in [-0.3, -0.25) is 52.8 Å². The lowest BCUT2D eigenvalue weighted by Crippen LogP contribution is -2.45. The first-order chi connectivity index (χ1) is 38.6. The van der Waals surface area contributed by atoms with Crippen LogP contribution in [-0.4, -0.2) is 75.4 Å². The van der Waals surface area contributed by atoms with Crippen molar-refractivity contribution in [3.8, 4) is 0 Å². The highest BCUT2D eigenvalue weighted by Crippen LogP contribution is 2.52. The standard InChI is InChI=1S/C64H39F3N4O10/c1-62(2,3)71-60(80)47-29-17-37(33-51(47)61(71)81)53(73)36-16-28-46-50(32-36)59(79)70(56(46)76)43-24-20-40(21-25-43)63(64(65,66)67,38-10-6-4-7-11-38)39-18-22-42(23-19-39)69-55(75)45-27-15-35(31-49(45)58(69)78)52(72)34-14-26-44-48(30-34)57(77)68(54(44)74)41-12-8-5-9-13-41/h4-33H,1-3H3. The number of nitrogens with zero attached hydrogens (tertiary/aromatic N) is 4. The number of rotatable bonds is 10. The van der Waals surface area contributed by atoms with E-state index < -0.39 is 76.0 Å². The summed E-state index contributed by atoms with van der Waals surface area (Å²) in [4.78, 5) is 140. The first-order valence-corrected chi connectivity index (χ1v) is 25.2. The monoisotopic (exact) mass is 1080 g/mol. The maximum Gasteiger partial charge on any atom is 0.406 e. The van der Waals surface area contributed by atoms with Gasteiger partial charge in [-0.1, -0.05) is 97.1 Å². The predicted octanol–water partition coefficient (Wildman–Crippen LogP) is 10.8. The highest BCUT2D eigenvalue weighted by molar-refractivity contribution is 6.37. The Bertz CT molecular complexity index is 4190. The molecule has 0 radical (unpaired) electrons. The fraction of sp³-hybridized carbons (Fsp3) is 0.0938. The van der Waals surface area contributed by atoms with E-state index in [-0.39, 0.29) is 94.8 Å². The summed E-state index contributed by atoms with van der Waals surface area (Å²) in [5.41, 5.74) is -4.52. The van der Waals surface area contributed by atoms with Crippen LogP contribution in [0.25, 0.3) is 0 Å². The molecule has 0 bridgehead atoms. The van der Waals surface area contributed by atoms with E-state index in [4.69, 9.17) is 0 Å². The lowest BCUT2D eigenvalue weighted by atomic mass is 9.68. The minimum Gasteiger partial charge on any atom is -0.289 e. The van der Waals surface area contributed by atoms with E-state index in [1.54, 1.807) is 57.2 Å². The second-order valence-electron chi connectivity index (χ2n) is 20.7. The topological polar surface area (TPSA) is 184 Å². The van der Waals surface area contributed by atoms with Gasteiger partial charge in [0, 0.05) is 27.8 Å². The largest absolute Gasteiger partial charge is 0.406 e. The van der Waals surface area contributed by atoms with Gasteiger partial charge in [0.25, 0.3) is 47.3 Å². The molecule has 0 saturated carbocycles. The Morgan fingerprint density at radius 1 is 0.321 bits per heavy atom. The van der Waals surface area contributed by atoms with Gasteiger partial charge in [-0.05, 0) is 122 Å². The Morgan fingerprint density at radius 3 is 0.926 bits per heavy atom. The van der Waals surface area contributed by atoms with Gasteiger partial charge >= 0.3 is 6.18 Å². The number of anilines is 3. The number of fused-ring (bicyclic) bond motifs is 4. The lowest BCUT2D eigenvalue weighted by molar-refractivity contribution is -0.166. The van der Waals surface area contributed by atoms with Crippen LogP contribution < -0.4 is 14.7 Å². The zero-order chi connectivity index (χ0) is 57.2. The zero-order valence-corrected chi connectivity index (χ0v) is 42.8. The Kier molecular flexibility index (Phi) is 11.6. The number of hydrogen-bond acceptors (Lipinski definition) is 10. The van der Waals surface area contributed by atoms with E-state index in [0.29, 0.717) is 5.69 Å². The second kappa shape index (κ2) is 18.3. The summed E-state index contributed by atoms with van der Waals surface area (Å²) < 4.78 is 48.9. The van der Waals surface area contributed by atoms with E-state index >= 15 is 13.2 Å². The molecule has 17 heteroatoms. The molecule has 396 valence electrons. The number of ketones is 2. The van der Waals surface area contributed by atoms with Crippen LogP contribution >= 0.6 is 0 Å². The number of carbonyl (C=O) groups is 10. The predicted molar refractivity (Wildman–Crippen MR) is 288 cm³/mol. The van der Waals surface area contributed by atoms with Crippen LogP contribution in [0, 0.1) is 0 Å². The molecule has 0 saturated heterocycles. The average Bonchev–Trinajstić information content (AvgIpc) is 4.18. The third-order valence-corrected chi connectivity index (χ3v) is 15.0. The van der Waals surface area contributed by atoms with Crippen LogP contribution in [-0.2, 0) is 5.41 Å². The number of carbonyl (C=O) groups excluding carboxylic acids is 10. The van der Waals surface area contributed by atoms with Crippen LogP contribution in [0.15, 0.2) is 182 Å². The molecule has 8 aromatic carbocycles. The minimum atomic E-state index is -5.08. The first-order valence-electron chi connectivity index (χ1n) is 25.2. The number of benzene rings is 8. The van der Waals surface area contributed by atoms with Crippen LogP contribution in [0.2, 0.25) is 0 Å². The Hall–Kier alpha value is -10.6. The molecule has 0 aromatic heterocycles. The number of para-hydroxylation sites is 1. The molecule has 0 aliphatic carbocycles. The van der Waals surface area contributed by atoms with Crippen LogP contribution in [0.3, 0.4) is 0 Å². The quantitative estimate of drug-likeness (QED) is 0.0725. The van der Waals surface area contributed by atoms with Crippen molar-refractivity contribution in [3.05, 3.63) is 265 Å². The normalized spacial score (nSPS) is 15.6. The molecule has 1 unspecified atom stereocenters. The Balaban J connectivity index is 0.811. The highest BCUT2D eigenvalue weighted by atomic mass is 19.4. The number of imide groups is 4. The van der Waals surface area contributed by atoms with E-state index in [1.165, 1.54) is 121 Å². The third-order valence-electron chi connectivity index (χ3n) is 15.0. The van der Waals surface area contributed by atoms with E-state index in [2.05, 4.69) is 0 Å². The Morgan fingerprint density at radius 2 is 0.593 bits per heavy atom. The molecule has 1 atom stereocenters. The molecule has 14 nitrogen and oxygen atoms in total. The van der Waals surface area contributed by atoms with Gasteiger partial charge in [0.05, 0.1) is 61.6 Å². The van der Waals surface area contributed by atoms with Crippen LogP contribution in [0.1, 0.15) is 152 Å². The number of alkyl halides is 3. The van der Waals surface area contributed by atoms with E-state index in [1.807, 2.05) is 0 Å². The summed E-state index contributed by atoms with van der Waals surface area (Å²) in [6.07, 6.45) is -5.08. The smallest absolute Gasteiger partial charge is 0.289 e. The molecule has 12 rings (SSSR count). The minimum absolute atomic E-state index is 0.00606. The van der Waals surface area contributed by atoms with E-state index in [9.17, 15) is 47.9 Å². The summed E-state index contributed by atoms with van der Waals surface area (Å²) in [6, 6.07) is 40.5. The molecular formula is C64H39F3N4O10. The van der Waals surface area contributed by atoms with Crippen LogP contribution in [0.4, 0.5) is 30.2 Å². The molecule has 0 N–H and O–H groups in total. The van der Waals surface area contributed by atoms with Gasteiger partial charge in [-0.15, -0.1) is 0 Å². The van der Waals surface area contributed by atoms with Crippen molar-refractivity contribution in [2.24, 2.45) is 0 Å². The molecule has 81 heavy (non-hydrogen) atoms. The van der Waals surface area contributed by atoms with Crippen molar-refractivity contribution in [1.29, 1.82) is 0 Å². The van der Waals surface area contributed by atoms with Crippen molar-refractivity contribution < 1.29 is 61.1 Å². The molecule has 4 aliphatic rings. The van der Waals surface area contributed by atoms with Gasteiger partial charge in [0.2, 0.25) is 0 Å². The molecule has 4 aliphatic heterocycles.